The average Bonchev–Trinajstić information content (AvgIpc) is 2.94. The number of nitrogens with zero attached hydrogens (tertiary/aromatic N) is 4. The zero-order chi connectivity index (χ0) is 28.3. The summed E-state index contributed by atoms with van der Waals surface area (Å²) < 4.78 is 5.55. The van der Waals surface area contributed by atoms with Crippen molar-refractivity contribution < 1.29 is 14.3 Å². The van der Waals surface area contributed by atoms with Gasteiger partial charge in [0, 0.05) is 60.1 Å². The van der Waals surface area contributed by atoms with Crippen LogP contribution in [0.2, 0.25) is 0 Å². The van der Waals surface area contributed by atoms with Gasteiger partial charge in [-0.05, 0) is 84.6 Å². The van der Waals surface area contributed by atoms with Gasteiger partial charge in [-0.15, -0.1) is 0 Å². The Morgan fingerprint density at radius 1 is 1.00 bits per heavy atom. The second-order valence-electron chi connectivity index (χ2n) is 12.3. The highest BCUT2D eigenvalue weighted by Gasteiger charge is 2.27. The molecule has 0 atom stereocenters. The molecule has 1 N–H and O–H groups in total. The Hall–Kier alpha value is -3.52. The molecule has 0 spiro atoms. The van der Waals surface area contributed by atoms with E-state index < -0.39 is 5.60 Å². The van der Waals surface area contributed by atoms with Crippen LogP contribution >= 0.6 is 0 Å². The van der Waals surface area contributed by atoms with Crippen molar-refractivity contribution in [3.8, 4) is 11.3 Å². The van der Waals surface area contributed by atoms with Crippen LogP contribution < -0.4 is 5.32 Å². The summed E-state index contributed by atoms with van der Waals surface area (Å²) >= 11 is 0. The standard InChI is InChI=1S/C32H41N5O3/c1-32(2,3)40-31(39)37-17-12-25(13-18-37)34-29-20-28(35-27-9-14-33-21-26(27)29)23-5-7-24(8-6-23)30(38)19-22-10-15-36(4)16-11-22/h5-9,14,20-22,25H,10-13,15-19H2,1-4H3,(H,34,35). The van der Waals surface area contributed by atoms with E-state index in [4.69, 9.17) is 9.72 Å². The molecule has 8 heteroatoms. The number of pyridine rings is 2. The number of rotatable bonds is 6. The molecule has 1 aromatic carbocycles. The number of amides is 1. The minimum Gasteiger partial charge on any atom is -0.444 e. The molecule has 2 aliphatic rings. The normalized spacial score (nSPS) is 17.6. The lowest BCUT2D eigenvalue weighted by molar-refractivity contribution is 0.0210. The first kappa shape index (κ1) is 28.0. The zero-order valence-corrected chi connectivity index (χ0v) is 24.2. The van der Waals surface area contributed by atoms with Crippen LogP contribution in [0.4, 0.5) is 10.5 Å². The number of hydrogen-bond acceptors (Lipinski definition) is 7. The fourth-order valence-corrected chi connectivity index (χ4v) is 5.56. The second kappa shape index (κ2) is 11.9. The molecule has 0 bridgehead atoms. The first-order chi connectivity index (χ1) is 19.1. The van der Waals surface area contributed by atoms with Crippen molar-refractivity contribution >= 4 is 28.5 Å². The summed E-state index contributed by atoms with van der Waals surface area (Å²) in [6, 6.07) is 12.1. The van der Waals surface area contributed by atoms with Gasteiger partial charge in [-0.25, -0.2) is 9.78 Å². The van der Waals surface area contributed by atoms with Crippen molar-refractivity contribution in [1.82, 2.24) is 19.8 Å². The quantitative estimate of drug-likeness (QED) is 0.380. The number of fused-ring (bicyclic) bond motifs is 1. The predicted octanol–water partition coefficient (Wildman–Crippen LogP) is 6.02. The van der Waals surface area contributed by atoms with Crippen LogP contribution in [0.15, 0.2) is 48.8 Å². The van der Waals surface area contributed by atoms with E-state index in [0.717, 1.165) is 72.2 Å². The summed E-state index contributed by atoms with van der Waals surface area (Å²) in [6.45, 7) is 9.10. The molecule has 2 fully saturated rings. The maximum Gasteiger partial charge on any atom is 0.410 e. The van der Waals surface area contributed by atoms with Crippen molar-refractivity contribution in [3.05, 3.63) is 54.4 Å². The molecule has 2 aliphatic heterocycles. The Labute approximate surface area is 237 Å². The monoisotopic (exact) mass is 543 g/mol. The summed E-state index contributed by atoms with van der Waals surface area (Å²) in [5, 5.41) is 4.67. The molecule has 40 heavy (non-hydrogen) atoms. The molecule has 0 radical (unpaired) electrons. The van der Waals surface area contributed by atoms with Crippen LogP contribution in [0, 0.1) is 5.92 Å². The van der Waals surface area contributed by atoms with Crippen molar-refractivity contribution in [2.45, 2.75) is 64.5 Å². The number of benzene rings is 1. The molecule has 2 saturated heterocycles. The zero-order valence-electron chi connectivity index (χ0n) is 24.2. The number of carbonyl (C=O) groups is 2. The summed E-state index contributed by atoms with van der Waals surface area (Å²) in [6.07, 6.45) is 7.80. The summed E-state index contributed by atoms with van der Waals surface area (Å²) in [5.74, 6) is 0.697. The van der Waals surface area contributed by atoms with Crippen molar-refractivity contribution in [1.29, 1.82) is 0 Å². The average molecular weight is 544 g/mol. The number of anilines is 1. The smallest absolute Gasteiger partial charge is 0.410 e. The van der Waals surface area contributed by atoms with Gasteiger partial charge >= 0.3 is 6.09 Å². The number of carbonyl (C=O) groups excluding carboxylic acids is 2. The van der Waals surface area contributed by atoms with Gasteiger partial charge in [0.1, 0.15) is 5.60 Å². The summed E-state index contributed by atoms with van der Waals surface area (Å²) in [7, 11) is 2.14. The third-order valence-electron chi connectivity index (χ3n) is 7.93. The molecule has 0 saturated carbocycles. The van der Waals surface area contributed by atoms with Crippen LogP contribution in [0.5, 0.6) is 0 Å². The largest absolute Gasteiger partial charge is 0.444 e. The third kappa shape index (κ3) is 6.97. The van der Waals surface area contributed by atoms with Crippen LogP contribution in [0.25, 0.3) is 22.2 Å². The number of nitrogens with one attached hydrogen (secondary N) is 1. The van der Waals surface area contributed by atoms with Gasteiger partial charge in [0.05, 0.1) is 11.2 Å². The number of Topliss-reactive ketones (excluding diaryl/α,β-unsaturated/α-hetero) is 1. The van der Waals surface area contributed by atoms with Gasteiger partial charge in [0.2, 0.25) is 0 Å². The molecule has 5 rings (SSSR count). The lowest BCUT2D eigenvalue weighted by Crippen LogP contribution is -2.44. The van der Waals surface area contributed by atoms with Crippen LogP contribution in [0.3, 0.4) is 0 Å². The van der Waals surface area contributed by atoms with Gasteiger partial charge in [0.15, 0.2) is 5.78 Å². The molecule has 0 aliphatic carbocycles. The number of likely N-dealkylation sites (tertiary alicyclic amines) is 2. The van der Waals surface area contributed by atoms with Crippen LogP contribution in [-0.4, -0.2) is 76.5 Å². The van der Waals surface area contributed by atoms with Gasteiger partial charge in [-0.3, -0.25) is 9.78 Å². The minimum atomic E-state index is -0.496. The van der Waals surface area contributed by atoms with Crippen molar-refractivity contribution in [2.24, 2.45) is 5.92 Å². The fourth-order valence-electron chi connectivity index (χ4n) is 5.56. The number of hydrogen-bond donors (Lipinski definition) is 1. The Morgan fingerprint density at radius 3 is 2.38 bits per heavy atom. The van der Waals surface area contributed by atoms with E-state index in [1.807, 2.05) is 57.3 Å². The Morgan fingerprint density at radius 2 is 1.70 bits per heavy atom. The second-order valence-corrected chi connectivity index (χ2v) is 12.3. The summed E-state index contributed by atoms with van der Waals surface area (Å²) in [5.41, 5.74) is 3.93. The molecule has 8 nitrogen and oxygen atoms in total. The highest BCUT2D eigenvalue weighted by Crippen LogP contribution is 2.30. The minimum absolute atomic E-state index is 0.219. The molecule has 2 aromatic heterocycles. The molecule has 1 amide bonds. The Balaban J connectivity index is 1.28. The van der Waals surface area contributed by atoms with E-state index in [1.54, 1.807) is 11.1 Å². The van der Waals surface area contributed by atoms with Crippen LogP contribution in [-0.2, 0) is 4.74 Å². The predicted molar refractivity (Wildman–Crippen MR) is 159 cm³/mol. The SMILES string of the molecule is CN1CCC(CC(=O)c2ccc(-c3cc(NC4CCN(C(=O)OC(C)(C)C)CC4)c4cnccc4n3)cc2)CC1. The Kier molecular flexibility index (Phi) is 8.35. The third-order valence-corrected chi connectivity index (χ3v) is 7.93. The first-order valence-corrected chi connectivity index (χ1v) is 14.5. The van der Waals surface area contributed by atoms with Gasteiger partial charge in [-0.2, -0.15) is 0 Å². The lowest BCUT2D eigenvalue weighted by atomic mass is 9.90. The molecule has 3 aromatic rings. The van der Waals surface area contributed by atoms with Crippen LogP contribution in [0.1, 0.15) is 63.2 Å². The molecular formula is C32H41N5O3. The number of piperidine rings is 2. The van der Waals surface area contributed by atoms with E-state index >= 15 is 0 Å². The number of ketones is 1. The summed E-state index contributed by atoms with van der Waals surface area (Å²) in [4.78, 5) is 38.8. The maximum atomic E-state index is 12.9. The Bertz CT molecular complexity index is 1330. The molecule has 212 valence electrons. The van der Waals surface area contributed by atoms with E-state index in [-0.39, 0.29) is 17.9 Å². The highest BCUT2D eigenvalue weighted by molar-refractivity contribution is 5.97. The molecule has 4 heterocycles. The number of aromatic nitrogens is 2. The van der Waals surface area contributed by atoms with E-state index in [2.05, 4.69) is 28.3 Å². The van der Waals surface area contributed by atoms with Gasteiger partial charge < -0.3 is 19.9 Å². The van der Waals surface area contributed by atoms with E-state index in [0.29, 0.717) is 25.4 Å². The fraction of sp³-hybridized carbons (Fsp3) is 0.500. The van der Waals surface area contributed by atoms with Crippen molar-refractivity contribution in [2.75, 3.05) is 38.5 Å². The van der Waals surface area contributed by atoms with Crippen molar-refractivity contribution in [3.63, 3.8) is 0 Å². The highest BCUT2D eigenvalue weighted by atomic mass is 16.6. The van der Waals surface area contributed by atoms with Gasteiger partial charge in [0.25, 0.3) is 0 Å². The topological polar surface area (TPSA) is 87.7 Å². The lowest BCUT2D eigenvalue weighted by Gasteiger charge is -2.34. The van der Waals surface area contributed by atoms with E-state index in [1.165, 1.54) is 0 Å². The first-order valence-electron chi connectivity index (χ1n) is 14.5. The molecular weight excluding hydrogens is 502 g/mol. The molecule has 0 unspecified atom stereocenters. The van der Waals surface area contributed by atoms with E-state index in [9.17, 15) is 9.59 Å². The number of ether oxygens (including phenoxy) is 1. The maximum absolute atomic E-state index is 12.9. The van der Waals surface area contributed by atoms with Gasteiger partial charge in [-0.1, -0.05) is 24.3 Å².